The molecule has 0 saturated heterocycles. The van der Waals surface area contributed by atoms with E-state index in [1.807, 2.05) is 25.1 Å². The highest BCUT2D eigenvalue weighted by Crippen LogP contribution is 2.38. The summed E-state index contributed by atoms with van der Waals surface area (Å²) in [6.07, 6.45) is 1.65. The van der Waals surface area contributed by atoms with Gasteiger partial charge in [0.05, 0.1) is 16.8 Å². The first-order chi connectivity index (χ1) is 7.11. The largest absolute Gasteiger partial charge is 0.464 e. The minimum Gasteiger partial charge on any atom is -0.464 e. The molecule has 0 aliphatic heterocycles. The molecule has 0 atom stereocenters. The third kappa shape index (κ3) is 1.84. The molecule has 0 aliphatic rings. The minimum absolute atomic E-state index is 0.708. The Morgan fingerprint density at radius 2 is 2.07 bits per heavy atom. The molecule has 1 aromatic carbocycles. The first-order valence-electron chi connectivity index (χ1n) is 4.60. The predicted molar refractivity (Wildman–Crippen MR) is 66.3 cm³/mol. The van der Waals surface area contributed by atoms with Crippen LogP contribution in [0.25, 0.3) is 11.3 Å². The number of aryl methyl sites for hydroxylation is 1. The van der Waals surface area contributed by atoms with Gasteiger partial charge in [0.25, 0.3) is 0 Å². The van der Waals surface area contributed by atoms with Crippen molar-refractivity contribution in [3.05, 3.63) is 45.1 Å². The molecule has 0 N–H and O–H groups in total. The molecule has 1 aromatic heterocycles. The summed E-state index contributed by atoms with van der Waals surface area (Å²) in [5, 5.41) is 0.708. The van der Waals surface area contributed by atoms with Crippen molar-refractivity contribution in [2.45, 2.75) is 13.8 Å². The minimum atomic E-state index is 0.708. The lowest BCUT2D eigenvalue weighted by atomic mass is 10.0. The maximum atomic E-state index is 6.21. The molecule has 78 valence electrons. The van der Waals surface area contributed by atoms with Gasteiger partial charge in [-0.05, 0) is 59.1 Å². The Labute approximate surface area is 102 Å². The van der Waals surface area contributed by atoms with E-state index in [0.29, 0.717) is 5.02 Å². The van der Waals surface area contributed by atoms with Crippen molar-refractivity contribution in [3.8, 4) is 11.3 Å². The van der Waals surface area contributed by atoms with Crippen LogP contribution in [-0.4, -0.2) is 0 Å². The molecular formula is C12H10BrClO. The van der Waals surface area contributed by atoms with Crippen molar-refractivity contribution >= 4 is 27.5 Å². The van der Waals surface area contributed by atoms with Gasteiger partial charge >= 0.3 is 0 Å². The number of benzene rings is 1. The Morgan fingerprint density at radius 3 is 2.67 bits per heavy atom. The summed E-state index contributed by atoms with van der Waals surface area (Å²) in [5.74, 6) is 0.787. The number of hydrogen-bond acceptors (Lipinski definition) is 1. The van der Waals surface area contributed by atoms with Crippen molar-refractivity contribution in [1.82, 2.24) is 0 Å². The topological polar surface area (TPSA) is 13.1 Å². The molecule has 0 spiro atoms. The van der Waals surface area contributed by atoms with Gasteiger partial charge in [0.2, 0.25) is 0 Å². The third-order valence-electron chi connectivity index (χ3n) is 2.49. The van der Waals surface area contributed by atoms with Gasteiger partial charge in [-0.15, -0.1) is 0 Å². The van der Waals surface area contributed by atoms with Gasteiger partial charge < -0.3 is 4.42 Å². The highest BCUT2D eigenvalue weighted by atomic mass is 79.9. The molecule has 1 heterocycles. The Morgan fingerprint density at radius 1 is 1.33 bits per heavy atom. The summed E-state index contributed by atoms with van der Waals surface area (Å²) in [6, 6.07) is 5.72. The predicted octanol–water partition coefficient (Wildman–Crippen LogP) is 4.98. The lowest BCUT2D eigenvalue weighted by Crippen LogP contribution is -1.88. The van der Waals surface area contributed by atoms with Crippen LogP contribution in [0.1, 0.15) is 11.1 Å². The van der Waals surface area contributed by atoms with Gasteiger partial charge in [0.1, 0.15) is 5.76 Å². The van der Waals surface area contributed by atoms with Crippen LogP contribution in [0.4, 0.5) is 0 Å². The van der Waals surface area contributed by atoms with Crippen molar-refractivity contribution in [1.29, 1.82) is 0 Å². The summed E-state index contributed by atoms with van der Waals surface area (Å²) in [4.78, 5) is 0. The quantitative estimate of drug-likeness (QED) is 0.720. The van der Waals surface area contributed by atoms with E-state index in [9.17, 15) is 0 Å². The maximum Gasteiger partial charge on any atom is 0.136 e. The van der Waals surface area contributed by atoms with E-state index in [-0.39, 0.29) is 0 Å². The van der Waals surface area contributed by atoms with Crippen LogP contribution in [-0.2, 0) is 0 Å². The summed E-state index contributed by atoms with van der Waals surface area (Å²) >= 11 is 9.77. The number of halogens is 2. The standard InChI is InChI=1S/C12H10BrClO/c1-7-6-9(14)11(12(13)8(7)2)10-4-3-5-15-10/h3-6H,1-2H3. The second kappa shape index (κ2) is 4.03. The number of rotatable bonds is 1. The molecule has 2 rings (SSSR count). The van der Waals surface area contributed by atoms with Gasteiger partial charge in [0, 0.05) is 4.47 Å². The highest BCUT2D eigenvalue weighted by Gasteiger charge is 2.14. The van der Waals surface area contributed by atoms with E-state index in [0.717, 1.165) is 15.8 Å². The fourth-order valence-electron chi connectivity index (χ4n) is 1.48. The molecular weight excluding hydrogens is 275 g/mol. The Hall–Kier alpha value is -0.730. The lowest BCUT2D eigenvalue weighted by molar-refractivity contribution is 0.582. The zero-order valence-corrected chi connectivity index (χ0v) is 10.8. The van der Waals surface area contributed by atoms with Crippen LogP contribution in [0, 0.1) is 13.8 Å². The van der Waals surface area contributed by atoms with Crippen LogP contribution >= 0.6 is 27.5 Å². The molecule has 1 nitrogen and oxygen atoms in total. The molecule has 0 bridgehead atoms. The highest BCUT2D eigenvalue weighted by molar-refractivity contribution is 9.10. The number of hydrogen-bond donors (Lipinski definition) is 0. The molecule has 0 unspecified atom stereocenters. The summed E-state index contributed by atoms with van der Waals surface area (Å²) in [6.45, 7) is 4.10. The Bertz CT molecular complexity index is 489. The van der Waals surface area contributed by atoms with Crippen LogP contribution < -0.4 is 0 Å². The third-order valence-corrected chi connectivity index (χ3v) is 3.78. The van der Waals surface area contributed by atoms with Gasteiger partial charge in [0.15, 0.2) is 0 Å². The second-order valence-corrected chi connectivity index (χ2v) is 4.67. The summed E-state index contributed by atoms with van der Waals surface area (Å²) < 4.78 is 6.36. The van der Waals surface area contributed by atoms with Crippen LogP contribution in [0.15, 0.2) is 33.4 Å². The lowest BCUT2D eigenvalue weighted by Gasteiger charge is -2.10. The van der Waals surface area contributed by atoms with E-state index >= 15 is 0 Å². The van der Waals surface area contributed by atoms with Gasteiger partial charge in [-0.3, -0.25) is 0 Å². The van der Waals surface area contributed by atoms with Crippen molar-refractivity contribution in [2.24, 2.45) is 0 Å². The first kappa shape index (κ1) is 10.8. The van der Waals surface area contributed by atoms with Crippen LogP contribution in [0.5, 0.6) is 0 Å². The molecule has 15 heavy (non-hydrogen) atoms. The molecule has 3 heteroatoms. The molecule has 0 saturated carbocycles. The van der Waals surface area contributed by atoms with Crippen LogP contribution in [0.2, 0.25) is 5.02 Å². The Balaban J connectivity index is 2.72. The first-order valence-corrected chi connectivity index (χ1v) is 5.77. The smallest absolute Gasteiger partial charge is 0.136 e. The Kier molecular flexibility index (Phi) is 2.89. The SMILES string of the molecule is Cc1cc(Cl)c(-c2ccco2)c(Br)c1C. The monoisotopic (exact) mass is 284 g/mol. The average molecular weight is 286 g/mol. The van der Waals surface area contributed by atoms with E-state index in [4.69, 9.17) is 16.0 Å². The molecule has 0 radical (unpaired) electrons. The molecule has 0 fully saturated rings. The summed E-state index contributed by atoms with van der Waals surface area (Å²) in [5.41, 5.74) is 3.28. The van der Waals surface area contributed by atoms with Crippen molar-refractivity contribution in [3.63, 3.8) is 0 Å². The van der Waals surface area contributed by atoms with Gasteiger partial charge in [-0.2, -0.15) is 0 Å². The molecule has 0 amide bonds. The maximum absolute atomic E-state index is 6.21. The summed E-state index contributed by atoms with van der Waals surface area (Å²) in [7, 11) is 0. The molecule has 0 aliphatic carbocycles. The van der Waals surface area contributed by atoms with Gasteiger partial charge in [-0.25, -0.2) is 0 Å². The zero-order valence-electron chi connectivity index (χ0n) is 8.47. The fourth-order valence-corrected chi connectivity index (χ4v) is 2.67. The van der Waals surface area contributed by atoms with E-state index < -0.39 is 0 Å². The van der Waals surface area contributed by atoms with E-state index in [2.05, 4.69) is 22.9 Å². The second-order valence-electron chi connectivity index (χ2n) is 3.47. The van der Waals surface area contributed by atoms with Gasteiger partial charge in [-0.1, -0.05) is 11.6 Å². The number of furan rings is 1. The fraction of sp³-hybridized carbons (Fsp3) is 0.167. The van der Waals surface area contributed by atoms with E-state index in [1.165, 1.54) is 11.1 Å². The molecule has 2 aromatic rings. The van der Waals surface area contributed by atoms with E-state index in [1.54, 1.807) is 6.26 Å². The normalized spacial score (nSPS) is 10.7. The van der Waals surface area contributed by atoms with Crippen molar-refractivity contribution < 1.29 is 4.42 Å². The van der Waals surface area contributed by atoms with Crippen molar-refractivity contribution in [2.75, 3.05) is 0 Å². The average Bonchev–Trinajstić information content (AvgIpc) is 2.68. The van der Waals surface area contributed by atoms with Crippen LogP contribution in [0.3, 0.4) is 0 Å². The zero-order chi connectivity index (χ0) is 11.0.